The maximum Gasteiger partial charge on any atom is 0.306 e. The molecule has 6 nitrogen and oxygen atoms in total. The fraction of sp³-hybridized carbons (Fsp3) is 0.552. The van der Waals surface area contributed by atoms with Gasteiger partial charge in [0, 0.05) is 37.6 Å². The number of carbonyl (C=O) groups excluding carboxylic acids is 2. The maximum absolute atomic E-state index is 12.7. The third-order valence-electron chi connectivity index (χ3n) is 5.63. The Kier molecular flexibility index (Phi) is 13.4. The lowest BCUT2D eigenvalue weighted by molar-refractivity contribution is -0.148. The molecule has 0 radical (unpaired) electrons. The van der Waals surface area contributed by atoms with Crippen LogP contribution >= 0.6 is 11.3 Å². The monoisotopic (exact) mass is 514 g/mol. The first-order valence-corrected chi connectivity index (χ1v) is 13.7. The Morgan fingerprint density at radius 1 is 1.11 bits per heavy atom. The number of ether oxygens (including phenoxy) is 2. The standard InChI is InChI=1S/C29H42N2O4S/c1-22-13-11-16-29(33)35-26(19-23(2)12-7-6-10-17-31(4)5)20-27-30-25(21-36-27)14-8-9-15-28(32)34-24(3)18-22/h6-7,10,12-13,19,21,24,26H,8-9,11,14-18,20H2,1-5H3/b10-6+,12-7+,22-13+,23-19+. The molecule has 0 saturated heterocycles. The zero-order valence-electron chi connectivity index (χ0n) is 22.5. The van der Waals surface area contributed by atoms with Crippen molar-refractivity contribution in [3.63, 3.8) is 0 Å². The molecule has 1 aliphatic heterocycles. The minimum atomic E-state index is -0.370. The number of aromatic nitrogens is 1. The largest absolute Gasteiger partial charge is 0.462 e. The molecule has 0 aromatic carbocycles. The van der Waals surface area contributed by atoms with Gasteiger partial charge in [0.2, 0.25) is 0 Å². The first-order chi connectivity index (χ1) is 17.2. The number of likely N-dealkylation sites (N-methyl/N-ethyl adjacent to an activating group) is 1. The molecule has 198 valence electrons. The fourth-order valence-electron chi connectivity index (χ4n) is 3.87. The summed E-state index contributed by atoms with van der Waals surface area (Å²) in [4.78, 5) is 31.6. The average molecular weight is 515 g/mol. The molecule has 2 rings (SSSR count). The first kappa shape index (κ1) is 29.7. The topological polar surface area (TPSA) is 68.7 Å². The second kappa shape index (κ2) is 16.3. The highest BCUT2D eigenvalue weighted by Crippen LogP contribution is 2.19. The zero-order chi connectivity index (χ0) is 26.3. The Labute approximate surface area is 220 Å². The minimum Gasteiger partial charge on any atom is -0.462 e. The summed E-state index contributed by atoms with van der Waals surface area (Å²) in [7, 11) is 4.07. The fourth-order valence-corrected chi connectivity index (χ4v) is 4.75. The number of hydrogen-bond donors (Lipinski definition) is 0. The van der Waals surface area contributed by atoms with Crippen molar-refractivity contribution < 1.29 is 19.1 Å². The smallest absolute Gasteiger partial charge is 0.306 e. The van der Waals surface area contributed by atoms with Crippen LogP contribution < -0.4 is 0 Å². The molecule has 1 aliphatic rings. The SMILES string of the molecule is CC(/C=C/C=C/CN(C)C)=C\C1Cc2nc(cs2)CCCCC(=O)OC(C)C/C(C)=C/CCC(=O)O1. The average Bonchev–Trinajstić information content (AvgIpc) is 3.22. The second-order valence-corrected chi connectivity index (χ2v) is 10.7. The molecule has 2 bridgehead atoms. The number of carbonyl (C=O) groups is 2. The van der Waals surface area contributed by atoms with E-state index in [1.165, 1.54) is 0 Å². The summed E-state index contributed by atoms with van der Waals surface area (Å²) >= 11 is 1.59. The molecule has 0 fully saturated rings. The molecule has 2 heterocycles. The van der Waals surface area contributed by atoms with Crippen molar-refractivity contribution in [3.8, 4) is 0 Å². The van der Waals surface area contributed by atoms with Gasteiger partial charge in [-0.15, -0.1) is 11.3 Å². The predicted molar refractivity (Wildman–Crippen MR) is 147 cm³/mol. The van der Waals surface area contributed by atoms with Crippen molar-refractivity contribution in [2.75, 3.05) is 20.6 Å². The first-order valence-electron chi connectivity index (χ1n) is 12.9. The molecular weight excluding hydrogens is 472 g/mol. The van der Waals surface area contributed by atoms with Crippen molar-refractivity contribution in [1.29, 1.82) is 0 Å². The zero-order valence-corrected chi connectivity index (χ0v) is 23.3. The van der Waals surface area contributed by atoms with Gasteiger partial charge < -0.3 is 14.4 Å². The van der Waals surface area contributed by atoms with Crippen LogP contribution in [0.3, 0.4) is 0 Å². The van der Waals surface area contributed by atoms with Crippen molar-refractivity contribution in [1.82, 2.24) is 9.88 Å². The van der Waals surface area contributed by atoms with Crippen molar-refractivity contribution in [3.05, 3.63) is 63.7 Å². The number of rotatable bonds is 5. The molecule has 2 atom stereocenters. The molecule has 1 aromatic heterocycles. The number of fused-ring (bicyclic) bond motifs is 2. The molecule has 1 aromatic rings. The van der Waals surface area contributed by atoms with Crippen molar-refractivity contribution in [2.24, 2.45) is 0 Å². The summed E-state index contributed by atoms with van der Waals surface area (Å²) in [5.74, 6) is -0.375. The normalized spacial score (nSPS) is 23.6. The second-order valence-electron chi connectivity index (χ2n) is 9.73. The molecule has 0 amide bonds. The van der Waals surface area contributed by atoms with Crippen LogP contribution in [0, 0.1) is 0 Å². The van der Waals surface area contributed by atoms with E-state index in [0.29, 0.717) is 32.1 Å². The van der Waals surface area contributed by atoms with Crippen LogP contribution in [0.4, 0.5) is 0 Å². The number of thiazole rings is 1. The third-order valence-corrected chi connectivity index (χ3v) is 6.55. The minimum absolute atomic E-state index is 0.150. The van der Waals surface area contributed by atoms with Gasteiger partial charge in [0.05, 0.1) is 10.7 Å². The molecule has 0 spiro atoms. The van der Waals surface area contributed by atoms with Gasteiger partial charge >= 0.3 is 11.9 Å². The third kappa shape index (κ3) is 13.0. The quantitative estimate of drug-likeness (QED) is 0.273. The van der Waals surface area contributed by atoms with E-state index in [-0.39, 0.29) is 24.1 Å². The number of nitrogens with zero attached hydrogens (tertiary/aromatic N) is 2. The van der Waals surface area contributed by atoms with E-state index in [2.05, 4.69) is 16.4 Å². The van der Waals surface area contributed by atoms with Gasteiger partial charge in [0.25, 0.3) is 0 Å². The van der Waals surface area contributed by atoms with Gasteiger partial charge in [0.1, 0.15) is 12.2 Å². The molecule has 0 N–H and O–H groups in total. The summed E-state index contributed by atoms with van der Waals surface area (Å²) in [6.45, 7) is 6.82. The van der Waals surface area contributed by atoms with E-state index >= 15 is 0 Å². The molecule has 0 aliphatic carbocycles. The van der Waals surface area contributed by atoms with Gasteiger partial charge in [-0.3, -0.25) is 9.59 Å². The number of cyclic esters (lactones) is 2. The summed E-state index contributed by atoms with van der Waals surface area (Å²) in [5.41, 5.74) is 3.16. The molecule has 0 saturated carbocycles. The Bertz CT molecular complexity index is 958. The van der Waals surface area contributed by atoms with Gasteiger partial charge in [-0.1, -0.05) is 41.5 Å². The van der Waals surface area contributed by atoms with Gasteiger partial charge in [-0.2, -0.15) is 0 Å². The van der Waals surface area contributed by atoms with Crippen LogP contribution in [0.15, 0.2) is 53.0 Å². The Morgan fingerprint density at radius 2 is 1.86 bits per heavy atom. The van der Waals surface area contributed by atoms with E-state index in [0.717, 1.165) is 47.7 Å². The molecular formula is C29H42N2O4S. The highest BCUT2D eigenvalue weighted by molar-refractivity contribution is 7.09. The summed E-state index contributed by atoms with van der Waals surface area (Å²) < 4.78 is 11.4. The number of hydrogen-bond acceptors (Lipinski definition) is 7. The Balaban J connectivity index is 2.13. The molecule has 36 heavy (non-hydrogen) atoms. The highest BCUT2D eigenvalue weighted by Gasteiger charge is 2.16. The summed E-state index contributed by atoms with van der Waals surface area (Å²) in [6, 6.07) is 0. The summed E-state index contributed by atoms with van der Waals surface area (Å²) in [6.07, 6.45) is 16.7. The Hall–Kier alpha value is -2.51. The van der Waals surface area contributed by atoms with E-state index in [1.807, 2.05) is 65.2 Å². The predicted octanol–water partition coefficient (Wildman–Crippen LogP) is 5.99. The van der Waals surface area contributed by atoms with Crippen LogP contribution in [-0.2, 0) is 31.9 Å². The van der Waals surface area contributed by atoms with Crippen LogP contribution in [0.2, 0.25) is 0 Å². The van der Waals surface area contributed by atoms with E-state index in [1.54, 1.807) is 11.3 Å². The number of esters is 2. The maximum atomic E-state index is 12.7. The Morgan fingerprint density at radius 3 is 2.64 bits per heavy atom. The number of allylic oxidation sites excluding steroid dienone is 5. The van der Waals surface area contributed by atoms with Crippen LogP contribution in [-0.4, -0.2) is 54.7 Å². The van der Waals surface area contributed by atoms with Gasteiger partial charge in [-0.05, 0) is 66.6 Å². The lowest BCUT2D eigenvalue weighted by Crippen LogP contribution is -2.19. The lowest BCUT2D eigenvalue weighted by atomic mass is 10.1. The molecule has 2 unspecified atom stereocenters. The highest BCUT2D eigenvalue weighted by atomic mass is 32.1. The van der Waals surface area contributed by atoms with Gasteiger partial charge in [0.15, 0.2) is 0 Å². The van der Waals surface area contributed by atoms with Crippen LogP contribution in [0.1, 0.15) is 70.0 Å². The number of aryl methyl sites for hydroxylation is 1. The van der Waals surface area contributed by atoms with Crippen LogP contribution in [0.5, 0.6) is 0 Å². The van der Waals surface area contributed by atoms with Crippen molar-refractivity contribution in [2.45, 2.75) is 84.3 Å². The summed E-state index contributed by atoms with van der Waals surface area (Å²) in [5, 5.41) is 3.01. The molecule has 7 heteroatoms. The van der Waals surface area contributed by atoms with Gasteiger partial charge in [-0.25, -0.2) is 4.98 Å². The van der Waals surface area contributed by atoms with Crippen molar-refractivity contribution >= 4 is 23.3 Å². The van der Waals surface area contributed by atoms with E-state index < -0.39 is 0 Å². The van der Waals surface area contributed by atoms with E-state index in [9.17, 15) is 9.59 Å². The van der Waals surface area contributed by atoms with Crippen LogP contribution in [0.25, 0.3) is 0 Å². The van der Waals surface area contributed by atoms with E-state index in [4.69, 9.17) is 14.5 Å². The lowest BCUT2D eigenvalue weighted by Gasteiger charge is -2.15.